The highest BCUT2D eigenvalue weighted by Crippen LogP contribution is 2.07. The molecule has 0 heterocycles. The molecule has 0 aliphatic carbocycles. The zero-order chi connectivity index (χ0) is 22.0. The topological polar surface area (TPSA) is 171 Å². The Morgan fingerprint density at radius 2 is 1.25 bits per heavy atom. The maximum atomic E-state index is 12.5. The van der Waals surface area contributed by atoms with Gasteiger partial charge in [0, 0.05) is 0 Å². The number of carbonyl (C=O) groups is 4. The Balaban J connectivity index is 5.00. The molecule has 0 aliphatic rings. The van der Waals surface area contributed by atoms with Crippen LogP contribution in [0.15, 0.2) is 0 Å². The third-order valence-electron chi connectivity index (χ3n) is 3.95. The predicted molar refractivity (Wildman–Crippen MR) is 103 cm³/mol. The van der Waals surface area contributed by atoms with E-state index in [1.807, 2.05) is 27.7 Å². The van der Waals surface area contributed by atoms with Crippen molar-refractivity contribution < 1.29 is 29.4 Å². The zero-order valence-electron chi connectivity index (χ0n) is 17.2. The van der Waals surface area contributed by atoms with E-state index < -0.39 is 54.5 Å². The largest absolute Gasteiger partial charge is 0.480 e. The predicted octanol–water partition coefficient (Wildman–Crippen LogP) is -1.04. The van der Waals surface area contributed by atoms with E-state index in [9.17, 15) is 24.3 Å². The summed E-state index contributed by atoms with van der Waals surface area (Å²) in [5.41, 5.74) is 5.45. The Morgan fingerprint density at radius 3 is 1.68 bits per heavy atom. The molecule has 0 saturated heterocycles. The van der Waals surface area contributed by atoms with Gasteiger partial charge < -0.3 is 31.9 Å². The highest BCUT2D eigenvalue weighted by molar-refractivity contribution is 5.93. The van der Waals surface area contributed by atoms with Crippen molar-refractivity contribution in [3.8, 4) is 0 Å². The summed E-state index contributed by atoms with van der Waals surface area (Å²) in [6, 6.07) is -4.15. The van der Waals surface area contributed by atoms with Crippen molar-refractivity contribution in [2.24, 2.45) is 17.6 Å². The second kappa shape index (κ2) is 12.3. The fourth-order valence-corrected chi connectivity index (χ4v) is 2.43. The van der Waals surface area contributed by atoms with E-state index in [0.29, 0.717) is 6.42 Å². The van der Waals surface area contributed by atoms with Gasteiger partial charge in [-0.05, 0) is 31.6 Å². The van der Waals surface area contributed by atoms with Crippen LogP contribution in [0.2, 0.25) is 0 Å². The fourth-order valence-electron chi connectivity index (χ4n) is 2.43. The van der Waals surface area contributed by atoms with Crippen LogP contribution >= 0.6 is 0 Å². The maximum absolute atomic E-state index is 12.5. The highest BCUT2D eigenvalue weighted by Gasteiger charge is 2.28. The monoisotopic (exact) mass is 402 g/mol. The summed E-state index contributed by atoms with van der Waals surface area (Å²) in [5.74, 6) is -2.93. The molecule has 10 nitrogen and oxygen atoms in total. The molecule has 162 valence electrons. The number of carbonyl (C=O) groups excluding carboxylic acids is 3. The summed E-state index contributed by atoms with van der Waals surface area (Å²) in [6.07, 6.45) is 0.558. The van der Waals surface area contributed by atoms with Crippen LogP contribution in [0.1, 0.15) is 47.5 Å². The van der Waals surface area contributed by atoms with Crippen LogP contribution in [0, 0.1) is 11.8 Å². The molecule has 0 aromatic heterocycles. The lowest BCUT2D eigenvalue weighted by Crippen LogP contribution is -2.57. The van der Waals surface area contributed by atoms with Gasteiger partial charge in [0.25, 0.3) is 0 Å². The van der Waals surface area contributed by atoms with Crippen LogP contribution in [0.3, 0.4) is 0 Å². The number of carboxylic acids is 1. The van der Waals surface area contributed by atoms with Gasteiger partial charge in [-0.3, -0.25) is 14.4 Å². The van der Waals surface area contributed by atoms with Crippen molar-refractivity contribution in [1.29, 1.82) is 0 Å². The molecule has 0 bridgehead atoms. The Morgan fingerprint density at radius 1 is 0.786 bits per heavy atom. The molecule has 28 heavy (non-hydrogen) atoms. The Hall–Kier alpha value is -2.20. The minimum Gasteiger partial charge on any atom is -0.480 e. The van der Waals surface area contributed by atoms with Crippen molar-refractivity contribution in [1.82, 2.24) is 16.0 Å². The average molecular weight is 402 g/mol. The van der Waals surface area contributed by atoms with Gasteiger partial charge in [0.15, 0.2) is 0 Å². The second-order valence-corrected chi connectivity index (χ2v) is 7.74. The summed E-state index contributed by atoms with van der Waals surface area (Å²) in [7, 11) is 0. The molecule has 7 N–H and O–H groups in total. The summed E-state index contributed by atoms with van der Waals surface area (Å²) in [4.78, 5) is 47.9. The number of aliphatic hydroxyl groups is 1. The molecule has 0 rings (SSSR count). The number of aliphatic hydroxyl groups excluding tert-OH is 1. The number of hydrogen-bond acceptors (Lipinski definition) is 6. The van der Waals surface area contributed by atoms with E-state index in [0.717, 1.165) is 0 Å². The second-order valence-electron chi connectivity index (χ2n) is 7.74. The third-order valence-corrected chi connectivity index (χ3v) is 3.95. The third kappa shape index (κ3) is 9.65. The van der Waals surface area contributed by atoms with Crippen molar-refractivity contribution >= 4 is 23.7 Å². The maximum Gasteiger partial charge on any atom is 0.326 e. The first-order chi connectivity index (χ1) is 12.9. The smallest absolute Gasteiger partial charge is 0.326 e. The van der Waals surface area contributed by atoms with Gasteiger partial charge in [0.05, 0.1) is 6.61 Å². The molecule has 4 atom stereocenters. The Labute approximate surface area is 165 Å². The van der Waals surface area contributed by atoms with Gasteiger partial charge in [0.1, 0.15) is 24.2 Å². The molecule has 0 aromatic rings. The lowest BCUT2D eigenvalue weighted by Gasteiger charge is -2.24. The number of hydrogen-bond donors (Lipinski definition) is 6. The van der Waals surface area contributed by atoms with Crippen LogP contribution in [-0.2, 0) is 19.2 Å². The van der Waals surface area contributed by atoms with Crippen LogP contribution < -0.4 is 21.7 Å². The summed E-state index contributed by atoms with van der Waals surface area (Å²) in [6.45, 7) is 8.26. The summed E-state index contributed by atoms with van der Waals surface area (Å²) >= 11 is 0. The quantitative estimate of drug-likeness (QED) is 0.242. The molecule has 0 fully saturated rings. The number of nitrogens with two attached hydrogens (primary N) is 1. The molecule has 4 unspecified atom stereocenters. The van der Waals surface area contributed by atoms with Crippen molar-refractivity contribution in [2.45, 2.75) is 71.6 Å². The fraction of sp³-hybridized carbons (Fsp3) is 0.778. The normalized spacial score (nSPS) is 15.5. The van der Waals surface area contributed by atoms with Gasteiger partial charge >= 0.3 is 5.97 Å². The molecular formula is C18H34N4O6. The number of aliphatic carboxylic acids is 1. The summed E-state index contributed by atoms with van der Waals surface area (Å²) < 4.78 is 0. The SMILES string of the molecule is CC(C)CC(NC(=O)C(C)NC(=O)C(CC(C)C)NC(=O)C(N)CO)C(=O)O. The molecule has 10 heteroatoms. The summed E-state index contributed by atoms with van der Waals surface area (Å²) in [5, 5.41) is 25.5. The standard InChI is InChI=1S/C18H34N4O6/c1-9(2)6-13(21-16(25)12(19)8-23)17(26)20-11(5)15(24)22-14(18(27)28)7-10(3)4/h9-14,23H,6-8,19H2,1-5H3,(H,20,26)(H,21,25)(H,22,24)(H,27,28). The van der Waals surface area contributed by atoms with Crippen molar-refractivity contribution in [2.75, 3.05) is 6.61 Å². The first-order valence-corrected chi connectivity index (χ1v) is 9.39. The van der Waals surface area contributed by atoms with E-state index >= 15 is 0 Å². The molecule has 0 saturated carbocycles. The molecular weight excluding hydrogens is 368 g/mol. The number of amides is 3. The minimum atomic E-state index is -1.16. The van der Waals surface area contributed by atoms with E-state index in [-0.39, 0.29) is 18.3 Å². The van der Waals surface area contributed by atoms with Crippen LogP contribution in [0.5, 0.6) is 0 Å². The van der Waals surface area contributed by atoms with E-state index in [1.165, 1.54) is 6.92 Å². The van der Waals surface area contributed by atoms with Crippen LogP contribution in [0.4, 0.5) is 0 Å². The number of carboxylic acid groups (broad SMARTS) is 1. The van der Waals surface area contributed by atoms with Crippen LogP contribution in [-0.4, -0.2) is 64.7 Å². The molecule has 0 aromatic carbocycles. The van der Waals surface area contributed by atoms with Gasteiger partial charge in [-0.1, -0.05) is 27.7 Å². The van der Waals surface area contributed by atoms with Crippen molar-refractivity contribution in [3.63, 3.8) is 0 Å². The average Bonchev–Trinajstić information content (AvgIpc) is 2.58. The van der Waals surface area contributed by atoms with E-state index in [2.05, 4.69) is 16.0 Å². The Bertz CT molecular complexity index is 552. The zero-order valence-corrected chi connectivity index (χ0v) is 17.2. The lowest BCUT2D eigenvalue weighted by molar-refractivity contribution is -0.142. The van der Waals surface area contributed by atoms with Gasteiger partial charge in [-0.25, -0.2) is 4.79 Å². The van der Waals surface area contributed by atoms with Gasteiger partial charge in [0.2, 0.25) is 17.7 Å². The van der Waals surface area contributed by atoms with Gasteiger partial charge in [-0.15, -0.1) is 0 Å². The van der Waals surface area contributed by atoms with Crippen LogP contribution in [0.25, 0.3) is 0 Å². The van der Waals surface area contributed by atoms with Crippen molar-refractivity contribution in [3.05, 3.63) is 0 Å². The first-order valence-electron chi connectivity index (χ1n) is 9.39. The van der Waals surface area contributed by atoms with E-state index in [1.54, 1.807) is 0 Å². The van der Waals surface area contributed by atoms with E-state index in [4.69, 9.17) is 10.8 Å². The molecule has 0 spiro atoms. The molecule has 0 aliphatic heterocycles. The number of nitrogens with one attached hydrogen (secondary N) is 3. The number of rotatable bonds is 12. The molecule has 3 amide bonds. The highest BCUT2D eigenvalue weighted by atomic mass is 16.4. The minimum absolute atomic E-state index is 0.0627. The molecule has 0 radical (unpaired) electrons. The van der Waals surface area contributed by atoms with Gasteiger partial charge in [-0.2, -0.15) is 0 Å². The Kier molecular flexibility index (Phi) is 11.3. The lowest BCUT2D eigenvalue weighted by atomic mass is 10.0. The first kappa shape index (κ1) is 25.8.